The molecule has 2 saturated heterocycles. The van der Waals surface area contributed by atoms with Crippen molar-refractivity contribution in [2.24, 2.45) is 0 Å². The number of nitrogens with zero attached hydrogens (tertiary/aromatic N) is 3. The summed E-state index contributed by atoms with van der Waals surface area (Å²) in [4.78, 5) is 13.5. The van der Waals surface area contributed by atoms with Crippen molar-refractivity contribution in [3.8, 4) is 0 Å². The van der Waals surface area contributed by atoms with E-state index in [4.69, 9.17) is 21.6 Å². The molecule has 2 N–H and O–H groups in total. The molecule has 3 aliphatic heterocycles. The van der Waals surface area contributed by atoms with Gasteiger partial charge in [0.15, 0.2) is 0 Å². The molecule has 0 radical (unpaired) electrons. The zero-order valence-corrected chi connectivity index (χ0v) is 20.9. The molecule has 2 aromatic rings. The normalized spacial score (nSPS) is 31.9. The fourth-order valence-corrected chi connectivity index (χ4v) is 8.81. The summed E-state index contributed by atoms with van der Waals surface area (Å²) >= 11 is 6.13. The predicted octanol–water partition coefficient (Wildman–Crippen LogP) is 4.52. The molecule has 2 unspecified atom stereocenters. The Hall–Kier alpha value is -1.70. The summed E-state index contributed by atoms with van der Waals surface area (Å²) in [6.45, 7) is 0.0800. The lowest BCUT2D eigenvalue weighted by atomic mass is 9.77. The summed E-state index contributed by atoms with van der Waals surface area (Å²) in [6, 6.07) is 9.19. The second-order valence-corrected chi connectivity index (χ2v) is 13.1. The van der Waals surface area contributed by atoms with E-state index in [0.717, 1.165) is 85.2 Å². The van der Waals surface area contributed by atoms with Crippen LogP contribution in [-0.4, -0.2) is 49.3 Å². The molecule has 3 atom stereocenters. The van der Waals surface area contributed by atoms with Crippen LogP contribution in [0.2, 0.25) is 5.02 Å². The molecule has 4 fully saturated rings. The Morgan fingerprint density at radius 1 is 1.09 bits per heavy atom. The molecule has 8 heteroatoms. The average Bonchev–Trinajstić information content (AvgIpc) is 3.46. The molecule has 2 bridgehead atoms. The number of piperidine rings is 1. The van der Waals surface area contributed by atoms with Crippen molar-refractivity contribution in [2.45, 2.75) is 91.6 Å². The fraction of sp³-hybridized carbons (Fsp3) is 0.615. The minimum Gasteiger partial charge on any atom is -0.394 e. The SMILES string of the molecule is O=[S@@]1CC2(CC2)c2nc(N3C4CCC3CC(c3ccc(Cl)cc3)C4)nc(NC3(CO)CCC3)c21. The number of aromatic nitrogens is 2. The molecule has 180 valence electrons. The third kappa shape index (κ3) is 3.26. The minimum atomic E-state index is -1.08. The number of hydrogen-bond acceptors (Lipinski definition) is 6. The van der Waals surface area contributed by atoms with Gasteiger partial charge in [0.1, 0.15) is 10.7 Å². The highest BCUT2D eigenvalue weighted by Gasteiger charge is 2.56. The van der Waals surface area contributed by atoms with E-state index in [9.17, 15) is 9.32 Å². The lowest BCUT2D eigenvalue weighted by molar-refractivity contribution is 0.143. The Morgan fingerprint density at radius 2 is 1.79 bits per heavy atom. The van der Waals surface area contributed by atoms with Crippen LogP contribution in [0.5, 0.6) is 0 Å². The second-order valence-electron chi connectivity index (χ2n) is 11.2. The van der Waals surface area contributed by atoms with Crippen molar-refractivity contribution in [1.29, 1.82) is 0 Å². The van der Waals surface area contributed by atoms with E-state index in [2.05, 4.69) is 22.3 Å². The molecule has 2 aliphatic carbocycles. The second kappa shape index (κ2) is 7.65. The molecule has 1 aromatic carbocycles. The summed E-state index contributed by atoms with van der Waals surface area (Å²) in [5.74, 6) is 2.73. The van der Waals surface area contributed by atoms with Crippen molar-refractivity contribution in [3.63, 3.8) is 0 Å². The average molecular weight is 499 g/mol. The van der Waals surface area contributed by atoms with Gasteiger partial charge in [0.05, 0.1) is 28.6 Å². The first-order valence-electron chi connectivity index (χ1n) is 12.7. The number of aliphatic hydroxyl groups is 1. The van der Waals surface area contributed by atoms with Crippen LogP contribution < -0.4 is 10.2 Å². The third-order valence-corrected chi connectivity index (χ3v) is 11.1. The first kappa shape index (κ1) is 21.6. The van der Waals surface area contributed by atoms with Gasteiger partial charge in [-0.2, -0.15) is 4.98 Å². The number of benzene rings is 1. The van der Waals surface area contributed by atoms with E-state index >= 15 is 0 Å². The van der Waals surface area contributed by atoms with Crippen LogP contribution in [-0.2, 0) is 16.2 Å². The number of aliphatic hydroxyl groups excluding tert-OH is 1. The van der Waals surface area contributed by atoms with Gasteiger partial charge >= 0.3 is 0 Å². The fourth-order valence-electron chi connectivity index (χ4n) is 6.83. The van der Waals surface area contributed by atoms with Crippen LogP contribution in [0, 0.1) is 0 Å². The number of halogens is 1. The van der Waals surface area contributed by atoms with E-state index in [-0.39, 0.29) is 17.6 Å². The van der Waals surface area contributed by atoms with Crippen LogP contribution in [0.15, 0.2) is 29.2 Å². The summed E-state index contributed by atoms with van der Waals surface area (Å²) < 4.78 is 13.2. The zero-order chi connectivity index (χ0) is 23.1. The highest BCUT2D eigenvalue weighted by molar-refractivity contribution is 7.85. The summed E-state index contributed by atoms with van der Waals surface area (Å²) in [7, 11) is -1.08. The Labute approximate surface area is 208 Å². The third-order valence-electron chi connectivity index (χ3n) is 9.15. The molecular weight excluding hydrogens is 468 g/mol. The van der Waals surface area contributed by atoms with E-state index in [1.165, 1.54) is 5.56 Å². The molecule has 1 spiro atoms. The number of nitrogens with one attached hydrogen (secondary N) is 1. The highest BCUT2D eigenvalue weighted by Crippen LogP contribution is 2.57. The number of hydrogen-bond donors (Lipinski definition) is 2. The van der Waals surface area contributed by atoms with Crippen molar-refractivity contribution in [3.05, 3.63) is 40.5 Å². The maximum absolute atomic E-state index is 13.2. The molecule has 0 amide bonds. The van der Waals surface area contributed by atoms with Gasteiger partial charge in [-0.1, -0.05) is 23.7 Å². The van der Waals surface area contributed by atoms with Crippen molar-refractivity contribution < 1.29 is 9.32 Å². The topological polar surface area (TPSA) is 78.4 Å². The van der Waals surface area contributed by atoms with Gasteiger partial charge in [-0.25, -0.2) is 4.98 Å². The van der Waals surface area contributed by atoms with Crippen LogP contribution in [0.4, 0.5) is 11.8 Å². The van der Waals surface area contributed by atoms with E-state index in [0.29, 0.717) is 23.8 Å². The molecule has 1 aromatic heterocycles. The molecule has 5 aliphatic rings. The lowest BCUT2D eigenvalue weighted by Gasteiger charge is -2.42. The molecule has 6 nitrogen and oxygen atoms in total. The summed E-state index contributed by atoms with van der Waals surface area (Å²) in [5.41, 5.74) is 2.05. The largest absolute Gasteiger partial charge is 0.394 e. The van der Waals surface area contributed by atoms with Crippen molar-refractivity contribution in [1.82, 2.24) is 9.97 Å². The summed E-state index contributed by atoms with van der Waals surface area (Å²) in [6.07, 6.45) is 9.60. The Kier molecular flexibility index (Phi) is 4.85. The van der Waals surface area contributed by atoms with Crippen LogP contribution in [0.3, 0.4) is 0 Å². The smallest absolute Gasteiger partial charge is 0.228 e. The van der Waals surface area contributed by atoms with Gasteiger partial charge in [-0.15, -0.1) is 0 Å². The Balaban J connectivity index is 1.25. The molecular formula is C26H31ClN4O2S. The minimum absolute atomic E-state index is 0.0129. The van der Waals surface area contributed by atoms with Gasteiger partial charge in [-0.05, 0) is 81.4 Å². The molecule has 2 saturated carbocycles. The predicted molar refractivity (Wildman–Crippen MR) is 134 cm³/mol. The zero-order valence-electron chi connectivity index (χ0n) is 19.3. The standard InChI is InChI=1S/C26H31ClN4O2S/c27-18-4-2-16(3-5-18)17-12-19-6-7-20(13-17)31(19)24-28-22-21(34(33)15-25(22)10-11-25)23(29-24)30-26(14-32)8-1-9-26/h2-5,17,19-20,32H,1,6-15H2,(H,28,29,30)/t17?,19?,20?,34-/m1/s1. The maximum Gasteiger partial charge on any atom is 0.228 e. The van der Waals surface area contributed by atoms with E-state index in [1.807, 2.05) is 12.1 Å². The van der Waals surface area contributed by atoms with Crippen molar-refractivity contribution in [2.75, 3.05) is 22.6 Å². The van der Waals surface area contributed by atoms with E-state index < -0.39 is 10.8 Å². The molecule has 4 heterocycles. The Morgan fingerprint density at radius 3 is 2.38 bits per heavy atom. The van der Waals surface area contributed by atoms with Gasteiger partial charge in [-0.3, -0.25) is 4.21 Å². The van der Waals surface area contributed by atoms with Gasteiger partial charge < -0.3 is 15.3 Å². The summed E-state index contributed by atoms with van der Waals surface area (Å²) in [5, 5.41) is 14.5. The first-order chi connectivity index (χ1) is 16.5. The quantitative estimate of drug-likeness (QED) is 0.630. The van der Waals surface area contributed by atoms with Gasteiger partial charge in [0, 0.05) is 28.3 Å². The number of rotatable bonds is 5. The Bertz CT molecular complexity index is 1140. The van der Waals surface area contributed by atoms with E-state index in [1.54, 1.807) is 0 Å². The van der Waals surface area contributed by atoms with Crippen LogP contribution in [0.1, 0.15) is 75.0 Å². The van der Waals surface area contributed by atoms with Crippen molar-refractivity contribution >= 4 is 34.2 Å². The highest BCUT2D eigenvalue weighted by atomic mass is 35.5. The van der Waals surface area contributed by atoms with Gasteiger partial charge in [0.25, 0.3) is 0 Å². The van der Waals surface area contributed by atoms with Crippen LogP contribution >= 0.6 is 11.6 Å². The number of anilines is 2. The maximum atomic E-state index is 13.2. The number of fused-ring (bicyclic) bond motifs is 4. The first-order valence-corrected chi connectivity index (χ1v) is 14.4. The molecule has 34 heavy (non-hydrogen) atoms. The lowest BCUT2D eigenvalue weighted by Crippen LogP contribution is -2.49. The molecule has 7 rings (SSSR count). The van der Waals surface area contributed by atoms with Crippen LogP contribution in [0.25, 0.3) is 0 Å². The van der Waals surface area contributed by atoms with Gasteiger partial charge in [0.2, 0.25) is 5.95 Å². The monoisotopic (exact) mass is 498 g/mol.